The molecule has 0 aromatic heterocycles. The molecule has 0 spiro atoms. The van der Waals surface area contributed by atoms with Crippen LogP contribution in [-0.2, 0) is 16.1 Å². The van der Waals surface area contributed by atoms with Gasteiger partial charge in [-0.15, -0.1) is 0 Å². The number of phenols is 2. The molecule has 1 fully saturated rings. The number of hydrogen-bond donors (Lipinski definition) is 8. The second-order valence-corrected chi connectivity index (χ2v) is 9.75. The lowest BCUT2D eigenvalue weighted by atomic mass is 9.71. The van der Waals surface area contributed by atoms with Gasteiger partial charge in [0.2, 0.25) is 0 Å². The van der Waals surface area contributed by atoms with E-state index < -0.39 is 67.6 Å². The summed E-state index contributed by atoms with van der Waals surface area (Å²) in [6.07, 6.45) is -7.41. The minimum absolute atomic E-state index is 0.00651. The molecule has 0 amide bonds. The monoisotopic (exact) mass is 517 g/mol. The number of hydrogen-bond acceptors (Lipinski definition) is 10. The molecule has 11 nitrogen and oxygen atoms in total. The number of carboxylic acid groups (broad SMARTS) is 1. The fraction of sp³-hybridized carbons (Fsp3) is 0.462. The van der Waals surface area contributed by atoms with Crippen molar-refractivity contribution in [2.24, 2.45) is 10.9 Å². The fourth-order valence-electron chi connectivity index (χ4n) is 5.19. The van der Waals surface area contributed by atoms with Crippen molar-refractivity contribution in [3.8, 4) is 11.5 Å². The van der Waals surface area contributed by atoms with Crippen LogP contribution in [0.15, 0.2) is 35.3 Å². The van der Waals surface area contributed by atoms with E-state index in [2.05, 4.69) is 4.99 Å². The van der Waals surface area contributed by atoms with Crippen molar-refractivity contribution in [3.63, 3.8) is 0 Å². The minimum Gasteiger partial charge on any atom is -0.507 e. The lowest BCUT2D eigenvalue weighted by molar-refractivity contribution is -0.232. The standard InChI is InChI=1S/C26H31NO10/c1-10(2)20(26(35)36)27-21-18-12(4-3-5-14(18)30)17(13-6-11(8-28)7-15(31)19(13)21)25-24(34)23(33)22(32)16(9-29)37-25/h3-7,10,16-17,20,22-25,28-34H,8-9H2,1-2H3,(H,35,36)/t16-,17?,20+,22-,23+,24-,25+/m1/s1. The number of carboxylic acids is 1. The van der Waals surface area contributed by atoms with Crippen LogP contribution in [-0.4, -0.2) is 95.7 Å². The first-order chi connectivity index (χ1) is 17.5. The SMILES string of the molecule is CC(C)[C@H](N=C1c2c(O)cccc2C([C@@H]2O[C@H](CO)[C@@H](O)[C@H](O)[C@H]2O)c2cc(CO)cc(O)c21)C(=O)O. The van der Waals surface area contributed by atoms with Crippen LogP contribution in [0, 0.1) is 5.92 Å². The van der Waals surface area contributed by atoms with Crippen LogP contribution in [0.4, 0.5) is 0 Å². The number of carbonyl (C=O) groups is 1. The molecule has 1 aliphatic heterocycles. The van der Waals surface area contributed by atoms with Crippen molar-refractivity contribution < 1.29 is 50.4 Å². The average Bonchev–Trinajstić information content (AvgIpc) is 2.85. The Hall–Kier alpha value is -3.06. The van der Waals surface area contributed by atoms with Crippen LogP contribution < -0.4 is 0 Å². The Morgan fingerprint density at radius 2 is 1.65 bits per heavy atom. The Morgan fingerprint density at radius 1 is 0.973 bits per heavy atom. The molecule has 2 aliphatic rings. The fourth-order valence-corrected chi connectivity index (χ4v) is 5.19. The first-order valence-corrected chi connectivity index (χ1v) is 11.9. The third-order valence-corrected chi connectivity index (χ3v) is 7.02. The van der Waals surface area contributed by atoms with E-state index in [9.17, 15) is 45.6 Å². The summed E-state index contributed by atoms with van der Waals surface area (Å²) in [5, 5.41) is 83.1. The largest absolute Gasteiger partial charge is 0.507 e. The summed E-state index contributed by atoms with van der Waals surface area (Å²) in [6.45, 7) is 2.23. The van der Waals surface area contributed by atoms with Gasteiger partial charge in [-0.3, -0.25) is 4.99 Å². The molecule has 200 valence electrons. The number of phenolic OH excluding ortho intramolecular Hbond substituents is 2. The summed E-state index contributed by atoms with van der Waals surface area (Å²) >= 11 is 0. The summed E-state index contributed by atoms with van der Waals surface area (Å²) in [5.41, 5.74) is 1.12. The minimum atomic E-state index is -1.68. The quantitative estimate of drug-likeness (QED) is 0.254. The van der Waals surface area contributed by atoms with Gasteiger partial charge in [0.15, 0.2) is 0 Å². The average molecular weight is 518 g/mol. The highest BCUT2D eigenvalue weighted by Gasteiger charge is 2.50. The van der Waals surface area contributed by atoms with Crippen LogP contribution in [0.2, 0.25) is 0 Å². The maximum atomic E-state index is 12.0. The van der Waals surface area contributed by atoms with Crippen molar-refractivity contribution >= 4 is 11.7 Å². The van der Waals surface area contributed by atoms with Crippen molar-refractivity contribution in [3.05, 3.63) is 58.1 Å². The highest BCUT2D eigenvalue weighted by molar-refractivity contribution is 6.19. The molecule has 11 heteroatoms. The lowest BCUT2D eigenvalue weighted by Crippen LogP contribution is -2.60. The smallest absolute Gasteiger partial charge is 0.328 e. The Morgan fingerprint density at radius 3 is 2.24 bits per heavy atom. The van der Waals surface area contributed by atoms with E-state index in [1.165, 1.54) is 24.3 Å². The highest BCUT2D eigenvalue weighted by atomic mass is 16.5. The van der Waals surface area contributed by atoms with Gasteiger partial charge in [-0.05, 0) is 34.7 Å². The van der Waals surface area contributed by atoms with Gasteiger partial charge in [-0.25, -0.2) is 4.79 Å². The maximum absolute atomic E-state index is 12.0. The number of aromatic hydroxyl groups is 2. The van der Waals surface area contributed by atoms with Gasteiger partial charge < -0.3 is 45.6 Å². The van der Waals surface area contributed by atoms with E-state index in [1.807, 2.05) is 0 Å². The summed E-state index contributed by atoms with van der Waals surface area (Å²) in [5.74, 6) is -3.25. The second-order valence-electron chi connectivity index (χ2n) is 9.75. The number of ether oxygens (including phenoxy) is 1. The number of rotatable bonds is 6. The molecular formula is C26H31NO10. The summed E-state index contributed by atoms with van der Waals surface area (Å²) in [6, 6.07) is 6.10. The molecule has 0 radical (unpaired) electrons. The van der Waals surface area contributed by atoms with Crippen molar-refractivity contribution in [1.82, 2.24) is 0 Å². The first kappa shape index (κ1) is 27.0. The maximum Gasteiger partial charge on any atom is 0.328 e. The van der Waals surface area contributed by atoms with Crippen molar-refractivity contribution in [2.45, 2.75) is 62.9 Å². The van der Waals surface area contributed by atoms with E-state index >= 15 is 0 Å². The molecule has 37 heavy (non-hydrogen) atoms. The molecule has 1 heterocycles. The predicted octanol–water partition coefficient (Wildman–Crippen LogP) is -0.176. The van der Waals surface area contributed by atoms with Gasteiger partial charge in [-0.2, -0.15) is 0 Å². The summed E-state index contributed by atoms with van der Waals surface area (Å²) < 4.78 is 5.86. The Labute approximate surface area is 212 Å². The van der Waals surface area contributed by atoms with Gasteiger partial charge in [0.1, 0.15) is 42.0 Å². The Balaban J connectivity index is 2.04. The highest BCUT2D eigenvalue weighted by Crippen LogP contribution is 2.48. The van der Waals surface area contributed by atoms with Crippen LogP contribution in [0.5, 0.6) is 11.5 Å². The molecule has 1 aliphatic carbocycles. The summed E-state index contributed by atoms with van der Waals surface area (Å²) in [7, 11) is 0. The number of aliphatic hydroxyl groups excluding tert-OH is 5. The van der Waals surface area contributed by atoms with Gasteiger partial charge in [0.25, 0.3) is 0 Å². The zero-order chi connectivity index (χ0) is 27.2. The van der Waals surface area contributed by atoms with Crippen LogP contribution in [0.25, 0.3) is 0 Å². The number of benzene rings is 2. The number of aliphatic imine (C=N–C) groups is 1. The number of fused-ring (bicyclic) bond motifs is 2. The third kappa shape index (κ3) is 4.58. The Kier molecular flexibility index (Phi) is 7.56. The van der Waals surface area contributed by atoms with Crippen LogP contribution >= 0.6 is 0 Å². The Bertz CT molecular complexity index is 1210. The van der Waals surface area contributed by atoms with E-state index in [0.29, 0.717) is 11.1 Å². The van der Waals surface area contributed by atoms with Gasteiger partial charge in [0.05, 0.1) is 25.0 Å². The normalized spacial score (nSPS) is 29.1. The molecule has 0 saturated carbocycles. The third-order valence-electron chi connectivity index (χ3n) is 7.02. The van der Waals surface area contributed by atoms with Crippen LogP contribution in [0.3, 0.4) is 0 Å². The number of aliphatic hydroxyl groups is 5. The van der Waals surface area contributed by atoms with Gasteiger partial charge in [-0.1, -0.05) is 32.0 Å². The second kappa shape index (κ2) is 10.4. The topological polar surface area (TPSA) is 200 Å². The van der Waals surface area contributed by atoms with E-state index in [1.54, 1.807) is 19.9 Å². The molecule has 1 saturated heterocycles. The lowest BCUT2D eigenvalue weighted by Gasteiger charge is -2.45. The van der Waals surface area contributed by atoms with Gasteiger partial charge >= 0.3 is 5.97 Å². The van der Waals surface area contributed by atoms with E-state index in [0.717, 1.165) is 0 Å². The van der Waals surface area contributed by atoms with Crippen molar-refractivity contribution in [2.75, 3.05) is 6.61 Å². The molecule has 2 aromatic rings. The van der Waals surface area contributed by atoms with Crippen molar-refractivity contribution in [1.29, 1.82) is 0 Å². The van der Waals surface area contributed by atoms with E-state index in [4.69, 9.17) is 4.74 Å². The molecule has 1 unspecified atom stereocenters. The summed E-state index contributed by atoms with van der Waals surface area (Å²) in [4.78, 5) is 16.5. The molecule has 7 atom stereocenters. The van der Waals surface area contributed by atoms with E-state index in [-0.39, 0.29) is 33.9 Å². The van der Waals surface area contributed by atoms with Crippen LogP contribution in [0.1, 0.15) is 47.6 Å². The zero-order valence-electron chi connectivity index (χ0n) is 20.3. The molecule has 2 aromatic carbocycles. The number of aliphatic carboxylic acids is 1. The first-order valence-electron chi connectivity index (χ1n) is 11.9. The predicted molar refractivity (Wildman–Crippen MR) is 130 cm³/mol. The zero-order valence-corrected chi connectivity index (χ0v) is 20.3. The molecule has 8 N–H and O–H groups in total. The molecule has 4 rings (SSSR count). The number of nitrogens with zero attached hydrogens (tertiary/aromatic N) is 1. The molecule has 0 bridgehead atoms. The van der Waals surface area contributed by atoms with Gasteiger partial charge in [0, 0.05) is 17.0 Å². The molecular weight excluding hydrogens is 486 g/mol.